The van der Waals surface area contributed by atoms with Gasteiger partial charge in [0.25, 0.3) is 0 Å². The third kappa shape index (κ3) is 2.40. The first-order valence-corrected chi connectivity index (χ1v) is 6.43. The number of cyclic esters (lactones) is 1. The van der Waals surface area contributed by atoms with Crippen LogP contribution in [0.1, 0.15) is 44.9 Å². The summed E-state index contributed by atoms with van der Waals surface area (Å²) in [6.07, 6.45) is 8.37. The Morgan fingerprint density at radius 2 is 2.12 bits per heavy atom. The first-order chi connectivity index (χ1) is 7.77. The van der Waals surface area contributed by atoms with Crippen molar-refractivity contribution < 1.29 is 14.3 Å². The number of ether oxygens (including phenoxy) is 2. The molecule has 2 aliphatic rings. The number of carbonyl (C=O) groups excluding carboxylic acids is 1. The van der Waals surface area contributed by atoms with Crippen LogP contribution in [0, 0.1) is 11.3 Å². The van der Waals surface area contributed by atoms with Crippen molar-refractivity contribution in [2.24, 2.45) is 11.3 Å². The van der Waals surface area contributed by atoms with E-state index >= 15 is 0 Å². The van der Waals surface area contributed by atoms with Crippen LogP contribution in [0.15, 0.2) is 0 Å². The highest BCUT2D eigenvalue weighted by molar-refractivity contribution is 5.78. The highest BCUT2D eigenvalue weighted by Crippen LogP contribution is 2.41. The summed E-state index contributed by atoms with van der Waals surface area (Å²) in [5.41, 5.74) is -0.323. The maximum atomic E-state index is 11.9. The van der Waals surface area contributed by atoms with Crippen LogP contribution in [0.2, 0.25) is 0 Å². The largest absolute Gasteiger partial charge is 0.465 e. The van der Waals surface area contributed by atoms with Crippen molar-refractivity contribution in [3.63, 3.8) is 0 Å². The van der Waals surface area contributed by atoms with Gasteiger partial charge in [0.15, 0.2) is 0 Å². The van der Waals surface area contributed by atoms with Crippen LogP contribution in [0.25, 0.3) is 0 Å². The summed E-state index contributed by atoms with van der Waals surface area (Å²) in [5, 5.41) is 0. The molecule has 1 aliphatic heterocycles. The molecule has 3 heteroatoms. The van der Waals surface area contributed by atoms with Crippen molar-refractivity contribution >= 4 is 5.97 Å². The van der Waals surface area contributed by atoms with Gasteiger partial charge in [0.1, 0.15) is 0 Å². The Hall–Kier alpha value is -0.570. The van der Waals surface area contributed by atoms with Gasteiger partial charge in [-0.3, -0.25) is 4.79 Å². The summed E-state index contributed by atoms with van der Waals surface area (Å²) in [5.74, 6) is 0.675. The summed E-state index contributed by atoms with van der Waals surface area (Å²) in [6.45, 7) is 1.11. The van der Waals surface area contributed by atoms with Gasteiger partial charge in [-0.25, -0.2) is 0 Å². The van der Waals surface area contributed by atoms with Gasteiger partial charge in [0, 0.05) is 7.11 Å². The lowest BCUT2D eigenvalue weighted by Gasteiger charge is -2.30. The van der Waals surface area contributed by atoms with Crippen molar-refractivity contribution in [1.82, 2.24) is 0 Å². The van der Waals surface area contributed by atoms with Gasteiger partial charge in [-0.1, -0.05) is 32.1 Å². The van der Waals surface area contributed by atoms with Gasteiger partial charge in [0.05, 0.1) is 18.6 Å². The fourth-order valence-electron chi connectivity index (χ4n) is 3.19. The van der Waals surface area contributed by atoms with E-state index in [1.807, 2.05) is 0 Å². The van der Waals surface area contributed by atoms with Crippen molar-refractivity contribution in [1.29, 1.82) is 0 Å². The predicted octanol–water partition coefficient (Wildman–Crippen LogP) is 2.54. The van der Waals surface area contributed by atoms with Crippen molar-refractivity contribution in [2.45, 2.75) is 44.9 Å². The van der Waals surface area contributed by atoms with Gasteiger partial charge in [0.2, 0.25) is 0 Å². The molecule has 0 spiro atoms. The molecule has 1 aliphatic carbocycles. The second-order valence-corrected chi connectivity index (χ2v) is 5.31. The zero-order valence-corrected chi connectivity index (χ0v) is 10.2. The van der Waals surface area contributed by atoms with Crippen LogP contribution >= 0.6 is 0 Å². The number of rotatable bonds is 4. The molecule has 1 atom stereocenters. The quantitative estimate of drug-likeness (QED) is 0.691. The van der Waals surface area contributed by atoms with Crippen LogP contribution < -0.4 is 0 Å². The fraction of sp³-hybridized carbons (Fsp3) is 0.923. The molecular weight excluding hydrogens is 204 g/mol. The maximum Gasteiger partial charge on any atom is 0.314 e. The Morgan fingerprint density at radius 3 is 2.69 bits per heavy atom. The predicted molar refractivity (Wildman–Crippen MR) is 61.1 cm³/mol. The van der Waals surface area contributed by atoms with E-state index < -0.39 is 0 Å². The molecule has 1 saturated heterocycles. The molecule has 0 aromatic carbocycles. The van der Waals surface area contributed by atoms with Crippen molar-refractivity contribution in [2.75, 3.05) is 20.3 Å². The zero-order chi connectivity index (χ0) is 11.4. The van der Waals surface area contributed by atoms with Gasteiger partial charge in [-0.2, -0.15) is 0 Å². The van der Waals surface area contributed by atoms with E-state index in [1.54, 1.807) is 7.11 Å². The fourth-order valence-corrected chi connectivity index (χ4v) is 3.19. The summed E-state index contributed by atoms with van der Waals surface area (Å²) in [6, 6.07) is 0. The summed E-state index contributed by atoms with van der Waals surface area (Å²) in [4.78, 5) is 11.9. The SMILES string of the molecule is COCC1(CC2CCCCC2)CCOC1=O. The number of methoxy groups -OCH3 is 1. The molecule has 2 fully saturated rings. The number of esters is 1. The van der Waals surface area contributed by atoms with E-state index in [-0.39, 0.29) is 11.4 Å². The molecule has 3 nitrogen and oxygen atoms in total. The molecule has 2 rings (SSSR count). The van der Waals surface area contributed by atoms with Crippen LogP contribution in [-0.2, 0) is 14.3 Å². The highest BCUT2D eigenvalue weighted by Gasteiger charge is 2.45. The molecule has 1 heterocycles. The molecule has 0 aromatic rings. The molecule has 0 N–H and O–H groups in total. The van der Waals surface area contributed by atoms with E-state index in [1.165, 1.54) is 32.1 Å². The summed E-state index contributed by atoms with van der Waals surface area (Å²) >= 11 is 0. The second-order valence-electron chi connectivity index (χ2n) is 5.31. The lowest BCUT2D eigenvalue weighted by Crippen LogP contribution is -2.34. The van der Waals surface area contributed by atoms with E-state index in [9.17, 15) is 4.79 Å². The summed E-state index contributed by atoms with van der Waals surface area (Å²) in [7, 11) is 1.67. The highest BCUT2D eigenvalue weighted by atomic mass is 16.5. The molecule has 0 aromatic heterocycles. The standard InChI is InChI=1S/C13H22O3/c1-15-10-13(7-8-16-12(13)14)9-11-5-3-2-4-6-11/h11H,2-10H2,1H3. The minimum absolute atomic E-state index is 0.0278. The molecule has 1 saturated carbocycles. The number of hydrogen-bond acceptors (Lipinski definition) is 3. The zero-order valence-electron chi connectivity index (χ0n) is 10.2. The Labute approximate surface area is 97.5 Å². The Kier molecular flexibility index (Phi) is 3.85. The average Bonchev–Trinajstić information content (AvgIpc) is 2.62. The van der Waals surface area contributed by atoms with E-state index in [0.717, 1.165) is 12.8 Å². The van der Waals surface area contributed by atoms with Crippen LogP contribution in [0.3, 0.4) is 0 Å². The van der Waals surface area contributed by atoms with E-state index in [2.05, 4.69) is 0 Å². The molecule has 0 bridgehead atoms. The average molecular weight is 226 g/mol. The molecule has 16 heavy (non-hydrogen) atoms. The monoisotopic (exact) mass is 226 g/mol. The van der Waals surface area contributed by atoms with E-state index in [4.69, 9.17) is 9.47 Å². The van der Waals surface area contributed by atoms with Crippen LogP contribution in [0.4, 0.5) is 0 Å². The first-order valence-electron chi connectivity index (χ1n) is 6.43. The molecule has 0 radical (unpaired) electrons. The third-order valence-electron chi connectivity index (χ3n) is 4.07. The van der Waals surface area contributed by atoms with Crippen LogP contribution in [0.5, 0.6) is 0 Å². The van der Waals surface area contributed by atoms with Crippen molar-refractivity contribution in [3.8, 4) is 0 Å². The third-order valence-corrected chi connectivity index (χ3v) is 4.07. The minimum Gasteiger partial charge on any atom is -0.465 e. The maximum absolute atomic E-state index is 11.9. The van der Waals surface area contributed by atoms with Gasteiger partial charge in [-0.05, 0) is 18.8 Å². The molecule has 92 valence electrons. The van der Waals surface area contributed by atoms with E-state index in [0.29, 0.717) is 19.1 Å². The Balaban J connectivity index is 1.98. The first kappa shape index (κ1) is 11.9. The van der Waals surface area contributed by atoms with Gasteiger partial charge >= 0.3 is 5.97 Å². The minimum atomic E-state index is -0.323. The normalized spacial score (nSPS) is 31.7. The molecule has 0 amide bonds. The molecule has 1 unspecified atom stereocenters. The van der Waals surface area contributed by atoms with Crippen LogP contribution in [-0.4, -0.2) is 26.3 Å². The smallest absolute Gasteiger partial charge is 0.314 e. The van der Waals surface area contributed by atoms with Crippen molar-refractivity contribution in [3.05, 3.63) is 0 Å². The lowest BCUT2D eigenvalue weighted by atomic mass is 9.74. The topological polar surface area (TPSA) is 35.5 Å². The number of carbonyl (C=O) groups is 1. The lowest BCUT2D eigenvalue weighted by molar-refractivity contribution is -0.149. The summed E-state index contributed by atoms with van der Waals surface area (Å²) < 4.78 is 10.4. The van der Waals surface area contributed by atoms with Gasteiger partial charge < -0.3 is 9.47 Å². The second kappa shape index (κ2) is 5.17. The Morgan fingerprint density at radius 1 is 1.38 bits per heavy atom. The van der Waals surface area contributed by atoms with Gasteiger partial charge in [-0.15, -0.1) is 0 Å². The number of hydrogen-bond donors (Lipinski definition) is 0. The Bertz CT molecular complexity index is 246. The molecular formula is C13H22O3.